The smallest absolute Gasteiger partial charge is 0.267 e. The zero-order chi connectivity index (χ0) is 19.2. The van der Waals surface area contributed by atoms with E-state index in [4.69, 9.17) is 0 Å². The molecule has 0 spiro atoms. The number of fused-ring (bicyclic) bond motifs is 2. The number of nitrogens with zero attached hydrogens (tertiary/aromatic N) is 4. The lowest BCUT2D eigenvalue weighted by atomic mass is 10.0. The molecule has 2 heterocycles. The Kier molecular flexibility index (Phi) is 3.80. The fraction of sp³-hybridized carbons (Fsp3) is 0.200. The monoisotopic (exact) mass is 361 g/mol. The number of amides is 1. The Balaban J connectivity index is 1.74. The molecule has 7 heteroatoms. The molecule has 7 nitrogen and oxygen atoms in total. The number of hydrogen-bond donors (Lipinski definition) is 1. The summed E-state index contributed by atoms with van der Waals surface area (Å²) in [7, 11) is 0. The molecule has 27 heavy (non-hydrogen) atoms. The van der Waals surface area contributed by atoms with Gasteiger partial charge in [-0.15, -0.1) is 0 Å². The van der Waals surface area contributed by atoms with E-state index < -0.39 is 0 Å². The second-order valence-corrected chi connectivity index (χ2v) is 7.35. The van der Waals surface area contributed by atoms with Crippen molar-refractivity contribution >= 4 is 27.7 Å². The minimum atomic E-state index is -0.377. The van der Waals surface area contributed by atoms with Crippen LogP contribution in [0.1, 0.15) is 31.1 Å². The maximum absolute atomic E-state index is 12.8. The van der Waals surface area contributed by atoms with Gasteiger partial charge in [0.15, 0.2) is 5.65 Å². The summed E-state index contributed by atoms with van der Waals surface area (Å²) in [4.78, 5) is 29.8. The quantitative estimate of drug-likeness (QED) is 0.595. The van der Waals surface area contributed by atoms with E-state index in [0.29, 0.717) is 16.6 Å². The van der Waals surface area contributed by atoms with Gasteiger partial charge in [-0.25, -0.2) is 14.3 Å². The fourth-order valence-electron chi connectivity index (χ4n) is 3.08. The van der Waals surface area contributed by atoms with Crippen LogP contribution in [0.3, 0.4) is 0 Å². The SMILES string of the molecule is CC(C)(C)n1ncc2c(=O)n(NC(=O)c3cccc4ccccc34)cnc21. The molecule has 0 fully saturated rings. The zero-order valence-corrected chi connectivity index (χ0v) is 15.3. The number of aromatic nitrogens is 4. The summed E-state index contributed by atoms with van der Waals surface area (Å²) >= 11 is 0. The van der Waals surface area contributed by atoms with Crippen molar-refractivity contribution in [3.63, 3.8) is 0 Å². The molecular formula is C20H19N5O2. The minimum absolute atomic E-state index is 0.306. The molecule has 4 aromatic rings. The van der Waals surface area contributed by atoms with E-state index in [1.807, 2.05) is 57.2 Å². The van der Waals surface area contributed by atoms with Crippen molar-refractivity contribution in [3.8, 4) is 0 Å². The first-order valence-electron chi connectivity index (χ1n) is 8.61. The van der Waals surface area contributed by atoms with Gasteiger partial charge in [-0.1, -0.05) is 36.4 Å². The molecule has 0 bridgehead atoms. The van der Waals surface area contributed by atoms with Gasteiger partial charge < -0.3 is 0 Å². The highest BCUT2D eigenvalue weighted by atomic mass is 16.2. The van der Waals surface area contributed by atoms with E-state index in [9.17, 15) is 9.59 Å². The third kappa shape index (κ3) is 2.87. The van der Waals surface area contributed by atoms with Gasteiger partial charge in [-0.2, -0.15) is 5.10 Å². The Labute approximate surface area is 155 Å². The molecule has 4 rings (SSSR count). The summed E-state index contributed by atoms with van der Waals surface area (Å²) in [6.45, 7) is 5.94. The van der Waals surface area contributed by atoms with Crippen molar-refractivity contribution in [2.45, 2.75) is 26.3 Å². The van der Waals surface area contributed by atoms with Crippen LogP contribution in [0.2, 0.25) is 0 Å². The highest BCUT2D eigenvalue weighted by molar-refractivity contribution is 6.10. The molecule has 0 aliphatic carbocycles. The van der Waals surface area contributed by atoms with Crippen LogP contribution >= 0.6 is 0 Å². The first-order valence-corrected chi connectivity index (χ1v) is 8.61. The number of benzene rings is 2. The Morgan fingerprint density at radius 1 is 1.04 bits per heavy atom. The lowest BCUT2D eigenvalue weighted by Gasteiger charge is -2.19. The largest absolute Gasteiger partial charge is 0.283 e. The molecule has 0 saturated carbocycles. The maximum Gasteiger partial charge on any atom is 0.283 e. The van der Waals surface area contributed by atoms with Crippen LogP contribution in [0.4, 0.5) is 0 Å². The van der Waals surface area contributed by atoms with Gasteiger partial charge in [0.2, 0.25) is 0 Å². The maximum atomic E-state index is 12.8. The number of carbonyl (C=O) groups is 1. The first kappa shape index (κ1) is 17.0. The van der Waals surface area contributed by atoms with Gasteiger partial charge >= 0.3 is 0 Å². The molecule has 1 N–H and O–H groups in total. The Hall–Kier alpha value is -3.48. The predicted molar refractivity (Wildman–Crippen MR) is 104 cm³/mol. The van der Waals surface area contributed by atoms with Gasteiger partial charge in [0, 0.05) is 5.56 Å². The third-order valence-corrected chi connectivity index (χ3v) is 4.38. The van der Waals surface area contributed by atoms with Crippen LogP contribution in [-0.2, 0) is 5.54 Å². The number of nitrogens with one attached hydrogen (secondary N) is 1. The summed E-state index contributed by atoms with van der Waals surface area (Å²) < 4.78 is 2.79. The van der Waals surface area contributed by atoms with Gasteiger partial charge in [0.25, 0.3) is 11.5 Å². The third-order valence-electron chi connectivity index (χ3n) is 4.38. The van der Waals surface area contributed by atoms with Gasteiger partial charge in [0.05, 0.1) is 11.7 Å². The van der Waals surface area contributed by atoms with Gasteiger partial charge in [-0.3, -0.25) is 15.0 Å². The lowest BCUT2D eigenvalue weighted by molar-refractivity contribution is 0.101. The van der Waals surface area contributed by atoms with Gasteiger partial charge in [0.1, 0.15) is 11.7 Å². The molecule has 0 saturated heterocycles. The van der Waals surface area contributed by atoms with Crippen LogP contribution in [0, 0.1) is 0 Å². The topological polar surface area (TPSA) is 81.8 Å². The average molecular weight is 361 g/mol. The Morgan fingerprint density at radius 3 is 2.56 bits per heavy atom. The molecule has 0 radical (unpaired) electrons. The number of rotatable bonds is 2. The summed E-state index contributed by atoms with van der Waals surface area (Å²) in [6.07, 6.45) is 2.80. The summed E-state index contributed by atoms with van der Waals surface area (Å²) in [6, 6.07) is 13.1. The van der Waals surface area contributed by atoms with E-state index in [0.717, 1.165) is 15.4 Å². The van der Waals surface area contributed by atoms with Crippen molar-refractivity contribution in [2.75, 3.05) is 5.43 Å². The van der Waals surface area contributed by atoms with E-state index in [1.54, 1.807) is 10.7 Å². The van der Waals surface area contributed by atoms with Crippen molar-refractivity contribution in [2.24, 2.45) is 0 Å². The molecule has 2 aromatic heterocycles. The van der Waals surface area contributed by atoms with Gasteiger partial charge in [-0.05, 0) is 37.6 Å². The minimum Gasteiger partial charge on any atom is -0.267 e. The summed E-state index contributed by atoms with van der Waals surface area (Å²) in [5.74, 6) is -0.377. The Morgan fingerprint density at radius 2 is 1.78 bits per heavy atom. The molecule has 0 unspecified atom stereocenters. The van der Waals surface area contributed by atoms with Crippen molar-refractivity contribution in [3.05, 3.63) is 70.9 Å². The molecule has 0 aliphatic heterocycles. The Bertz CT molecular complexity index is 1230. The zero-order valence-electron chi connectivity index (χ0n) is 15.3. The van der Waals surface area contributed by atoms with Crippen LogP contribution in [-0.4, -0.2) is 25.3 Å². The van der Waals surface area contributed by atoms with Crippen LogP contribution in [0.25, 0.3) is 21.8 Å². The van der Waals surface area contributed by atoms with Crippen molar-refractivity contribution in [1.29, 1.82) is 0 Å². The summed E-state index contributed by atoms with van der Waals surface area (Å²) in [5, 5.41) is 6.40. The fourth-order valence-corrected chi connectivity index (χ4v) is 3.08. The highest BCUT2D eigenvalue weighted by Crippen LogP contribution is 2.19. The van der Waals surface area contributed by atoms with Crippen LogP contribution in [0.15, 0.2) is 59.8 Å². The average Bonchev–Trinajstić information content (AvgIpc) is 3.09. The number of hydrogen-bond acceptors (Lipinski definition) is 4. The highest BCUT2D eigenvalue weighted by Gasteiger charge is 2.20. The molecular weight excluding hydrogens is 342 g/mol. The van der Waals surface area contributed by atoms with E-state index in [-0.39, 0.29) is 17.0 Å². The second-order valence-electron chi connectivity index (χ2n) is 7.35. The molecule has 136 valence electrons. The number of carbonyl (C=O) groups excluding carboxylic acids is 1. The van der Waals surface area contributed by atoms with E-state index >= 15 is 0 Å². The van der Waals surface area contributed by atoms with E-state index in [2.05, 4.69) is 15.5 Å². The molecule has 0 aliphatic rings. The molecule has 0 atom stereocenters. The second kappa shape index (κ2) is 6.05. The van der Waals surface area contributed by atoms with E-state index in [1.165, 1.54) is 12.5 Å². The standard InChI is InChI=1S/C20H19N5O2/c1-20(2,3)25-17-16(11-22-25)19(27)24(12-21-17)23-18(26)15-10-6-8-13-7-4-5-9-14(13)15/h4-12H,1-3H3,(H,23,26). The summed E-state index contributed by atoms with van der Waals surface area (Å²) in [5.41, 5.74) is 2.93. The van der Waals surface area contributed by atoms with Crippen molar-refractivity contribution < 1.29 is 4.79 Å². The normalized spacial score (nSPS) is 11.8. The molecule has 1 amide bonds. The lowest BCUT2D eigenvalue weighted by Crippen LogP contribution is -2.33. The van der Waals surface area contributed by atoms with Crippen LogP contribution < -0.4 is 11.0 Å². The van der Waals surface area contributed by atoms with Crippen molar-refractivity contribution in [1.82, 2.24) is 19.4 Å². The predicted octanol–water partition coefficient (Wildman–Crippen LogP) is 2.89. The van der Waals surface area contributed by atoms with Crippen LogP contribution in [0.5, 0.6) is 0 Å². The first-order chi connectivity index (χ1) is 12.9. The molecule has 2 aromatic carbocycles.